The monoisotopic (exact) mass is 269 g/mol. The minimum Gasteiger partial charge on any atom is -0.481 e. The van der Waals surface area contributed by atoms with Crippen LogP contribution < -0.4 is 0 Å². The highest BCUT2D eigenvalue weighted by Crippen LogP contribution is 2.30. The van der Waals surface area contributed by atoms with E-state index in [1.54, 1.807) is 6.92 Å². The van der Waals surface area contributed by atoms with E-state index in [0.717, 1.165) is 0 Å². The molecule has 18 heavy (non-hydrogen) atoms. The molecule has 0 spiro atoms. The molecule has 1 N–H and O–H groups in total. The maximum Gasteiger partial charge on any atom is 0.308 e. The first-order valence-electron chi connectivity index (χ1n) is 5.11. The molecule has 1 heterocycles. The number of nitrogens with zero attached hydrogens (tertiary/aromatic N) is 1. The Morgan fingerprint density at radius 3 is 2.94 bits per heavy atom. The number of carbonyl (C=O) groups is 1. The molecule has 0 atom stereocenters. The number of carboxylic acids is 1. The SMILES string of the molecule is Cc1noc(-c2cc(Cl)ccc2F)c1CC(=O)O. The standard InChI is InChI=1S/C12H9ClFNO3/c1-6-8(5-11(16)17)12(18-15-6)9-4-7(13)2-3-10(9)14/h2-4H,5H2,1H3,(H,16,17). The Hall–Kier alpha value is -1.88. The maximum atomic E-state index is 13.7. The van der Waals surface area contributed by atoms with Gasteiger partial charge < -0.3 is 9.63 Å². The summed E-state index contributed by atoms with van der Waals surface area (Å²) in [5.41, 5.74) is 0.884. The fourth-order valence-corrected chi connectivity index (χ4v) is 1.80. The van der Waals surface area contributed by atoms with Crippen molar-refractivity contribution in [2.75, 3.05) is 0 Å². The van der Waals surface area contributed by atoms with Crippen molar-refractivity contribution in [3.8, 4) is 11.3 Å². The van der Waals surface area contributed by atoms with Crippen LogP contribution in [0.2, 0.25) is 5.02 Å². The van der Waals surface area contributed by atoms with Crippen molar-refractivity contribution >= 4 is 17.6 Å². The molecule has 0 aliphatic rings. The van der Waals surface area contributed by atoms with Crippen LogP contribution in [-0.4, -0.2) is 16.2 Å². The van der Waals surface area contributed by atoms with Crippen LogP contribution in [0.1, 0.15) is 11.3 Å². The zero-order valence-electron chi connectivity index (χ0n) is 9.41. The van der Waals surface area contributed by atoms with Gasteiger partial charge in [-0.05, 0) is 25.1 Å². The van der Waals surface area contributed by atoms with Gasteiger partial charge in [0.2, 0.25) is 0 Å². The molecular weight excluding hydrogens is 261 g/mol. The average Bonchev–Trinajstić information content (AvgIpc) is 2.64. The Labute approximate surface area is 107 Å². The van der Waals surface area contributed by atoms with E-state index in [2.05, 4.69) is 5.16 Å². The fraction of sp³-hybridized carbons (Fsp3) is 0.167. The molecule has 0 amide bonds. The third-order valence-corrected chi connectivity index (χ3v) is 2.72. The Kier molecular flexibility index (Phi) is 3.34. The maximum absolute atomic E-state index is 13.7. The van der Waals surface area contributed by atoms with Crippen molar-refractivity contribution in [3.05, 3.63) is 40.3 Å². The second-order valence-electron chi connectivity index (χ2n) is 3.77. The third kappa shape index (κ3) is 2.36. The second-order valence-corrected chi connectivity index (χ2v) is 4.21. The van der Waals surface area contributed by atoms with Crippen LogP contribution in [0.15, 0.2) is 22.7 Å². The number of aliphatic carboxylic acids is 1. The van der Waals surface area contributed by atoms with Gasteiger partial charge in [-0.2, -0.15) is 0 Å². The topological polar surface area (TPSA) is 63.3 Å². The van der Waals surface area contributed by atoms with E-state index in [1.165, 1.54) is 18.2 Å². The molecule has 0 fully saturated rings. The minimum absolute atomic E-state index is 0.106. The number of halogens is 2. The van der Waals surface area contributed by atoms with Gasteiger partial charge in [-0.3, -0.25) is 4.79 Å². The van der Waals surface area contributed by atoms with E-state index in [4.69, 9.17) is 21.2 Å². The second kappa shape index (κ2) is 4.78. The number of aryl methyl sites for hydroxylation is 1. The number of rotatable bonds is 3. The molecule has 0 radical (unpaired) electrons. The van der Waals surface area contributed by atoms with Gasteiger partial charge in [0.1, 0.15) is 5.82 Å². The summed E-state index contributed by atoms with van der Waals surface area (Å²) in [6.45, 7) is 1.60. The lowest BCUT2D eigenvalue weighted by atomic mass is 10.0. The van der Waals surface area contributed by atoms with Crippen molar-refractivity contribution in [2.24, 2.45) is 0 Å². The van der Waals surface area contributed by atoms with Crippen LogP contribution in [0, 0.1) is 12.7 Å². The number of carboxylic acid groups (broad SMARTS) is 1. The molecule has 6 heteroatoms. The van der Waals surface area contributed by atoms with Gasteiger partial charge in [0, 0.05) is 10.6 Å². The Bertz CT molecular complexity index is 609. The van der Waals surface area contributed by atoms with Gasteiger partial charge in [0.05, 0.1) is 17.7 Å². The first kappa shape index (κ1) is 12.6. The van der Waals surface area contributed by atoms with Crippen molar-refractivity contribution in [1.82, 2.24) is 5.16 Å². The van der Waals surface area contributed by atoms with E-state index < -0.39 is 11.8 Å². The molecule has 1 aromatic carbocycles. The molecule has 1 aromatic heterocycles. The van der Waals surface area contributed by atoms with E-state index >= 15 is 0 Å². The number of aromatic nitrogens is 1. The summed E-state index contributed by atoms with van der Waals surface area (Å²) in [6, 6.07) is 3.97. The average molecular weight is 270 g/mol. The minimum atomic E-state index is -1.04. The lowest BCUT2D eigenvalue weighted by molar-refractivity contribution is -0.136. The predicted molar refractivity (Wildman–Crippen MR) is 63.0 cm³/mol. The highest BCUT2D eigenvalue weighted by atomic mass is 35.5. The smallest absolute Gasteiger partial charge is 0.308 e. The molecular formula is C12H9ClFNO3. The summed E-state index contributed by atoms with van der Waals surface area (Å²) in [4.78, 5) is 10.8. The van der Waals surface area contributed by atoms with Crippen LogP contribution in [-0.2, 0) is 11.2 Å². The molecule has 0 saturated carbocycles. The lowest BCUT2D eigenvalue weighted by Gasteiger charge is -2.02. The van der Waals surface area contributed by atoms with Crippen LogP contribution in [0.4, 0.5) is 4.39 Å². The van der Waals surface area contributed by atoms with E-state index in [0.29, 0.717) is 16.3 Å². The summed E-state index contributed by atoms with van der Waals surface area (Å²) >= 11 is 5.79. The third-order valence-electron chi connectivity index (χ3n) is 2.49. The summed E-state index contributed by atoms with van der Waals surface area (Å²) < 4.78 is 18.7. The number of hydrogen-bond donors (Lipinski definition) is 1. The number of hydrogen-bond acceptors (Lipinski definition) is 3. The summed E-state index contributed by atoms with van der Waals surface area (Å²) in [7, 11) is 0. The zero-order valence-corrected chi connectivity index (χ0v) is 10.2. The Balaban J connectivity index is 2.57. The van der Waals surface area contributed by atoms with Crippen molar-refractivity contribution < 1.29 is 18.8 Å². The molecule has 0 unspecified atom stereocenters. The summed E-state index contributed by atoms with van der Waals surface area (Å²) in [5.74, 6) is -1.47. The van der Waals surface area contributed by atoms with Crippen LogP contribution in [0.3, 0.4) is 0 Å². The number of benzene rings is 1. The molecule has 2 rings (SSSR count). The molecule has 0 aliphatic heterocycles. The zero-order chi connectivity index (χ0) is 13.3. The predicted octanol–water partition coefficient (Wildman–Crippen LogP) is 3.07. The first-order valence-corrected chi connectivity index (χ1v) is 5.49. The van der Waals surface area contributed by atoms with Crippen LogP contribution in [0.25, 0.3) is 11.3 Å². The van der Waals surface area contributed by atoms with Crippen molar-refractivity contribution in [2.45, 2.75) is 13.3 Å². The van der Waals surface area contributed by atoms with E-state index in [1.807, 2.05) is 0 Å². The molecule has 0 saturated heterocycles. The van der Waals surface area contributed by atoms with Crippen molar-refractivity contribution in [3.63, 3.8) is 0 Å². The Morgan fingerprint density at radius 2 is 2.28 bits per heavy atom. The van der Waals surface area contributed by atoms with Crippen LogP contribution in [0.5, 0.6) is 0 Å². The van der Waals surface area contributed by atoms with Crippen LogP contribution >= 0.6 is 11.6 Å². The van der Waals surface area contributed by atoms with Gasteiger partial charge >= 0.3 is 5.97 Å². The van der Waals surface area contributed by atoms with Gasteiger partial charge in [-0.25, -0.2) is 4.39 Å². The molecule has 94 valence electrons. The van der Waals surface area contributed by atoms with E-state index in [9.17, 15) is 9.18 Å². The highest BCUT2D eigenvalue weighted by molar-refractivity contribution is 6.30. The highest BCUT2D eigenvalue weighted by Gasteiger charge is 2.20. The van der Waals surface area contributed by atoms with Gasteiger partial charge in [-0.1, -0.05) is 16.8 Å². The van der Waals surface area contributed by atoms with E-state index in [-0.39, 0.29) is 17.7 Å². The molecule has 0 bridgehead atoms. The fourth-order valence-electron chi connectivity index (χ4n) is 1.63. The summed E-state index contributed by atoms with van der Waals surface area (Å²) in [5, 5.41) is 12.8. The molecule has 0 aliphatic carbocycles. The normalized spacial score (nSPS) is 10.6. The molecule has 2 aromatic rings. The largest absolute Gasteiger partial charge is 0.481 e. The van der Waals surface area contributed by atoms with Gasteiger partial charge in [0.25, 0.3) is 0 Å². The quantitative estimate of drug-likeness (QED) is 0.930. The first-order chi connectivity index (χ1) is 8.49. The van der Waals surface area contributed by atoms with Crippen molar-refractivity contribution in [1.29, 1.82) is 0 Å². The van der Waals surface area contributed by atoms with Gasteiger partial charge in [0.15, 0.2) is 5.76 Å². The van der Waals surface area contributed by atoms with Gasteiger partial charge in [-0.15, -0.1) is 0 Å². The Morgan fingerprint density at radius 1 is 1.56 bits per heavy atom. The molecule has 4 nitrogen and oxygen atoms in total. The summed E-state index contributed by atoms with van der Waals surface area (Å²) in [6.07, 6.45) is -0.281. The lowest BCUT2D eigenvalue weighted by Crippen LogP contribution is -2.02.